The minimum absolute atomic E-state index is 0.216. The summed E-state index contributed by atoms with van der Waals surface area (Å²) in [5, 5.41) is 11.8. The van der Waals surface area contributed by atoms with Crippen LogP contribution in [0.3, 0.4) is 0 Å². The molecule has 1 rings (SSSR count). The van der Waals surface area contributed by atoms with Gasteiger partial charge in [0.25, 0.3) is 0 Å². The second-order valence-corrected chi connectivity index (χ2v) is 6.11. The molecular weight excluding hydrogens is 256 g/mol. The van der Waals surface area contributed by atoms with E-state index in [1.807, 2.05) is 11.8 Å². The number of nitrogens with zero attached hydrogens (tertiary/aromatic N) is 1. The number of nitrogens with one attached hydrogen (secondary N) is 1. The van der Waals surface area contributed by atoms with Gasteiger partial charge in [-0.15, -0.1) is 0 Å². The molecule has 2 N–H and O–H groups in total. The van der Waals surface area contributed by atoms with Crippen LogP contribution >= 0.6 is 0 Å². The van der Waals surface area contributed by atoms with Crippen LogP contribution in [0, 0.1) is 5.92 Å². The van der Waals surface area contributed by atoms with Gasteiger partial charge in [0.1, 0.15) is 6.04 Å². The zero-order chi connectivity index (χ0) is 15.1. The van der Waals surface area contributed by atoms with Gasteiger partial charge in [-0.1, -0.05) is 40.0 Å². The van der Waals surface area contributed by atoms with Crippen LogP contribution in [-0.4, -0.2) is 40.6 Å². The van der Waals surface area contributed by atoms with E-state index in [-0.39, 0.29) is 12.1 Å². The van der Waals surface area contributed by atoms with Crippen molar-refractivity contribution < 1.29 is 14.7 Å². The SMILES string of the molecule is CCC[C@@H](NC(=O)N(CC(C)C)C1CCCC1)C(=O)O. The van der Waals surface area contributed by atoms with Crippen molar-refractivity contribution >= 4 is 12.0 Å². The number of amides is 2. The highest BCUT2D eigenvalue weighted by Gasteiger charge is 2.29. The van der Waals surface area contributed by atoms with E-state index in [1.54, 1.807) is 0 Å². The molecule has 0 bridgehead atoms. The largest absolute Gasteiger partial charge is 0.480 e. The first kappa shape index (κ1) is 16.8. The van der Waals surface area contributed by atoms with Crippen LogP contribution in [0.2, 0.25) is 0 Å². The molecule has 0 heterocycles. The number of hydrogen-bond acceptors (Lipinski definition) is 2. The number of carbonyl (C=O) groups is 2. The molecule has 0 aromatic carbocycles. The van der Waals surface area contributed by atoms with Crippen molar-refractivity contribution in [3.8, 4) is 0 Å². The Hall–Kier alpha value is -1.26. The highest BCUT2D eigenvalue weighted by atomic mass is 16.4. The molecule has 0 aromatic heterocycles. The Morgan fingerprint density at radius 2 is 1.90 bits per heavy atom. The van der Waals surface area contributed by atoms with E-state index in [4.69, 9.17) is 5.11 Å². The molecule has 0 saturated heterocycles. The Kier molecular flexibility index (Phi) is 6.82. The molecule has 20 heavy (non-hydrogen) atoms. The van der Waals surface area contributed by atoms with Crippen molar-refractivity contribution in [1.82, 2.24) is 10.2 Å². The summed E-state index contributed by atoms with van der Waals surface area (Å²) in [5.41, 5.74) is 0. The lowest BCUT2D eigenvalue weighted by molar-refractivity contribution is -0.139. The highest BCUT2D eigenvalue weighted by molar-refractivity contribution is 5.82. The molecule has 0 aromatic rings. The van der Waals surface area contributed by atoms with Crippen molar-refractivity contribution in [2.45, 2.75) is 71.4 Å². The smallest absolute Gasteiger partial charge is 0.326 e. The number of aliphatic carboxylic acids is 1. The van der Waals surface area contributed by atoms with Crippen LogP contribution < -0.4 is 5.32 Å². The molecule has 0 spiro atoms. The van der Waals surface area contributed by atoms with Crippen LogP contribution in [0.15, 0.2) is 0 Å². The summed E-state index contributed by atoms with van der Waals surface area (Å²) in [4.78, 5) is 25.4. The van der Waals surface area contributed by atoms with Crippen LogP contribution in [0.25, 0.3) is 0 Å². The lowest BCUT2D eigenvalue weighted by Crippen LogP contribution is -2.51. The average Bonchev–Trinajstić information content (AvgIpc) is 2.88. The molecule has 1 aliphatic carbocycles. The fourth-order valence-corrected chi connectivity index (χ4v) is 2.79. The zero-order valence-electron chi connectivity index (χ0n) is 12.9. The Bertz CT molecular complexity index is 325. The Morgan fingerprint density at radius 1 is 1.30 bits per heavy atom. The molecule has 5 nitrogen and oxygen atoms in total. The topological polar surface area (TPSA) is 69.6 Å². The van der Waals surface area contributed by atoms with Gasteiger partial charge in [-0.05, 0) is 25.2 Å². The number of carboxylic acids is 1. The molecule has 1 fully saturated rings. The lowest BCUT2D eigenvalue weighted by atomic mass is 10.1. The number of urea groups is 1. The third kappa shape index (κ3) is 5.02. The predicted octanol–water partition coefficient (Wildman–Crippen LogP) is 2.85. The van der Waals surface area contributed by atoms with Gasteiger partial charge < -0.3 is 15.3 Å². The van der Waals surface area contributed by atoms with E-state index in [2.05, 4.69) is 19.2 Å². The maximum atomic E-state index is 12.4. The van der Waals surface area contributed by atoms with Gasteiger partial charge in [-0.2, -0.15) is 0 Å². The minimum atomic E-state index is -0.948. The van der Waals surface area contributed by atoms with Crippen molar-refractivity contribution in [3.05, 3.63) is 0 Å². The quantitative estimate of drug-likeness (QED) is 0.755. The summed E-state index contributed by atoms with van der Waals surface area (Å²) >= 11 is 0. The first-order valence-electron chi connectivity index (χ1n) is 7.75. The molecule has 116 valence electrons. The third-order valence-corrected chi connectivity index (χ3v) is 3.76. The van der Waals surface area contributed by atoms with E-state index in [1.165, 1.54) is 0 Å². The molecule has 1 atom stereocenters. The molecule has 0 radical (unpaired) electrons. The number of rotatable bonds is 7. The van der Waals surface area contributed by atoms with Gasteiger partial charge in [0.15, 0.2) is 0 Å². The first-order valence-corrected chi connectivity index (χ1v) is 7.75. The number of carbonyl (C=O) groups excluding carboxylic acids is 1. The standard InChI is InChI=1S/C15H28N2O3/c1-4-7-13(14(18)19)16-15(20)17(10-11(2)3)12-8-5-6-9-12/h11-13H,4-10H2,1-3H3,(H,16,20)(H,18,19)/t13-/m1/s1. The summed E-state index contributed by atoms with van der Waals surface area (Å²) in [6, 6.07) is -0.719. The first-order chi connectivity index (χ1) is 9.45. The monoisotopic (exact) mass is 284 g/mol. The number of carboxylic acid groups (broad SMARTS) is 1. The van der Waals surface area contributed by atoms with Crippen LogP contribution in [-0.2, 0) is 4.79 Å². The average molecular weight is 284 g/mol. The number of hydrogen-bond donors (Lipinski definition) is 2. The summed E-state index contributed by atoms with van der Waals surface area (Å²) in [6.45, 7) is 6.77. The van der Waals surface area contributed by atoms with E-state index >= 15 is 0 Å². The Morgan fingerprint density at radius 3 is 2.35 bits per heavy atom. The maximum absolute atomic E-state index is 12.4. The second kappa shape index (κ2) is 8.12. The maximum Gasteiger partial charge on any atom is 0.326 e. The summed E-state index contributed by atoms with van der Waals surface area (Å²) < 4.78 is 0. The molecule has 2 amide bonds. The molecule has 5 heteroatoms. The molecule has 1 aliphatic rings. The van der Waals surface area contributed by atoms with E-state index < -0.39 is 12.0 Å². The molecular formula is C15H28N2O3. The van der Waals surface area contributed by atoms with Crippen molar-refractivity contribution in [2.24, 2.45) is 5.92 Å². The zero-order valence-corrected chi connectivity index (χ0v) is 12.9. The second-order valence-electron chi connectivity index (χ2n) is 6.11. The predicted molar refractivity (Wildman–Crippen MR) is 78.7 cm³/mol. The Balaban J connectivity index is 2.68. The lowest BCUT2D eigenvalue weighted by Gasteiger charge is -2.31. The fraction of sp³-hybridized carbons (Fsp3) is 0.867. The van der Waals surface area contributed by atoms with Crippen molar-refractivity contribution in [1.29, 1.82) is 0 Å². The summed E-state index contributed by atoms with van der Waals surface area (Å²) in [7, 11) is 0. The fourth-order valence-electron chi connectivity index (χ4n) is 2.79. The van der Waals surface area contributed by atoms with Gasteiger partial charge in [0.05, 0.1) is 0 Å². The van der Waals surface area contributed by atoms with Crippen LogP contribution in [0.5, 0.6) is 0 Å². The summed E-state index contributed by atoms with van der Waals surface area (Å²) in [6.07, 6.45) is 5.59. The van der Waals surface area contributed by atoms with E-state index in [9.17, 15) is 9.59 Å². The van der Waals surface area contributed by atoms with Gasteiger partial charge in [0, 0.05) is 12.6 Å². The van der Waals surface area contributed by atoms with Crippen LogP contribution in [0.4, 0.5) is 4.79 Å². The third-order valence-electron chi connectivity index (χ3n) is 3.76. The molecule has 1 saturated carbocycles. The minimum Gasteiger partial charge on any atom is -0.480 e. The summed E-state index contributed by atoms with van der Waals surface area (Å²) in [5.74, 6) is -0.563. The van der Waals surface area contributed by atoms with Gasteiger partial charge >= 0.3 is 12.0 Å². The van der Waals surface area contributed by atoms with Crippen molar-refractivity contribution in [2.75, 3.05) is 6.54 Å². The van der Waals surface area contributed by atoms with Crippen molar-refractivity contribution in [3.63, 3.8) is 0 Å². The Labute approximate surface area is 121 Å². The highest BCUT2D eigenvalue weighted by Crippen LogP contribution is 2.24. The van der Waals surface area contributed by atoms with Crippen LogP contribution in [0.1, 0.15) is 59.3 Å². The van der Waals surface area contributed by atoms with Gasteiger partial charge in [-0.3, -0.25) is 0 Å². The van der Waals surface area contributed by atoms with Gasteiger partial charge in [-0.25, -0.2) is 9.59 Å². The van der Waals surface area contributed by atoms with E-state index in [0.717, 1.165) is 32.1 Å². The van der Waals surface area contributed by atoms with Gasteiger partial charge in [0.2, 0.25) is 0 Å². The van der Waals surface area contributed by atoms with E-state index in [0.29, 0.717) is 18.9 Å². The molecule has 0 unspecified atom stereocenters. The normalized spacial score (nSPS) is 17.2. The molecule has 0 aliphatic heterocycles.